The van der Waals surface area contributed by atoms with Gasteiger partial charge < -0.3 is 10.1 Å². The molecular formula is C8H4BrF3N2O2. The lowest BCUT2D eigenvalue weighted by Gasteiger charge is -2.26. The lowest BCUT2D eigenvalue weighted by Crippen LogP contribution is -2.47. The number of alkyl halides is 3. The van der Waals surface area contributed by atoms with Crippen LogP contribution < -0.4 is 10.1 Å². The molecule has 1 unspecified atom stereocenters. The summed E-state index contributed by atoms with van der Waals surface area (Å²) < 4.78 is 41.9. The van der Waals surface area contributed by atoms with Gasteiger partial charge in [-0.3, -0.25) is 4.79 Å². The molecule has 86 valence electrons. The highest BCUT2D eigenvalue weighted by atomic mass is 79.9. The van der Waals surface area contributed by atoms with Crippen molar-refractivity contribution < 1.29 is 22.7 Å². The first-order chi connectivity index (χ1) is 7.38. The van der Waals surface area contributed by atoms with Crippen LogP contribution in [0.3, 0.4) is 0 Å². The van der Waals surface area contributed by atoms with E-state index in [9.17, 15) is 18.0 Å². The van der Waals surface area contributed by atoms with Crippen molar-refractivity contribution in [3.8, 4) is 5.88 Å². The van der Waals surface area contributed by atoms with Crippen molar-refractivity contribution in [2.24, 2.45) is 0 Å². The number of nitrogens with one attached hydrogen (secondary N) is 1. The Balaban J connectivity index is 2.37. The third-order valence-electron chi connectivity index (χ3n) is 1.85. The summed E-state index contributed by atoms with van der Waals surface area (Å²) in [5.41, 5.74) is 0.119. The van der Waals surface area contributed by atoms with Crippen LogP contribution in [0.1, 0.15) is 0 Å². The predicted molar refractivity (Wildman–Crippen MR) is 51.0 cm³/mol. The monoisotopic (exact) mass is 296 g/mol. The number of ether oxygens (including phenoxy) is 1. The van der Waals surface area contributed by atoms with Crippen LogP contribution in [0.4, 0.5) is 18.9 Å². The molecule has 0 saturated carbocycles. The summed E-state index contributed by atoms with van der Waals surface area (Å²) in [5, 5.41) is 2.08. The molecule has 16 heavy (non-hydrogen) atoms. The second-order valence-electron chi connectivity index (χ2n) is 3.02. The Hall–Kier alpha value is -1.31. The van der Waals surface area contributed by atoms with Gasteiger partial charge in [0.05, 0.1) is 0 Å². The molecule has 4 nitrogen and oxygen atoms in total. The summed E-state index contributed by atoms with van der Waals surface area (Å²) in [6, 6.07) is 2.88. The number of aromatic nitrogens is 1. The van der Waals surface area contributed by atoms with E-state index >= 15 is 0 Å². The van der Waals surface area contributed by atoms with Crippen molar-refractivity contribution >= 4 is 27.5 Å². The van der Waals surface area contributed by atoms with Crippen LogP contribution in [0.5, 0.6) is 5.88 Å². The maximum absolute atomic E-state index is 12.4. The van der Waals surface area contributed by atoms with E-state index in [1.165, 1.54) is 12.1 Å². The van der Waals surface area contributed by atoms with Gasteiger partial charge in [0, 0.05) is 0 Å². The zero-order valence-corrected chi connectivity index (χ0v) is 9.09. The number of hydrogen-bond acceptors (Lipinski definition) is 3. The molecule has 0 spiro atoms. The summed E-state index contributed by atoms with van der Waals surface area (Å²) in [4.78, 5) is 14.8. The average Bonchev–Trinajstić information content (AvgIpc) is 2.16. The molecule has 1 aliphatic rings. The third kappa shape index (κ3) is 1.97. The van der Waals surface area contributed by atoms with Crippen molar-refractivity contribution in [2.75, 3.05) is 5.32 Å². The van der Waals surface area contributed by atoms with E-state index in [0.717, 1.165) is 0 Å². The van der Waals surface area contributed by atoms with Crippen LogP contribution in [-0.2, 0) is 4.79 Å². The molecule has 0 bridgehead atoms. The SMILES string of the molecule is O=C1Nc2ccc(Br)nc2OC1C(F)(F)F. The number of pyridine rings is 1. The van der Waals surface area contributed by atoms with Gasteiger partial charge in [0.1, 0.15) is 10.3 Å². The minimum Gasteiger partial charge on any atom is -0.453 e. The van der Waals surface area contributed by atoms with Crippen LogP contribution in [-0.4, -0.2) is 23.2 Å². The maximum Gasteiger partial charge on any atom is 0.434 e. The Kier molecular flexibility index (Phi) is 2.53. The smallest absolute Gasteiger partial charge is 0.434 e. The Labute approximate surface area is 95.9 Å². The highest BCUT2D eigenvalue weighted by molar-refractivity contribution is 9.10. The zero-order valence-electron chi connectivity index (χ0n) is 7.51. The van der Waals surface area contributed by atoms with Crippen molar-refractivity contribution in [1.82, 2.24) is 4.98 Å². The molecule has 1 amide bonds. The number of anilines is 1. The van der Waals surface area contributed by atoms with E-state index in [1.807, 2.05) is 0 Å². The summed E-state index contributed by atoms with van der Waals surface area (Å²) in [5.74, 6) is -1.50. The topological polar surface area (TPSA) is 51.2 Å². The molecule has 1 atom stereocenters. The lowest BCUT2D eigenvalue weighted by molar-refractivity contribution is -0.197. The maximum atomic E-state index is 12.4. The molecule has 1 aromatic heterocycles. The quantitative estimate of drug-likeness (QED) is 0.746. The molecule has 0 aromatic carbocycles. The average molecular weight is 297 g/mol. The van der Waals surface area contributed by atoms with Gasteiger partial charge in [-0.1, -0.05) is 0 Å². The molecule has 0 saturated heterocycles. The fourth-order valence-corrected chi connectivity index (χ4v) is 1.47. The van der Waals surface area contributed by atoms with Crippen LogP contribution in [0.25, 0.3) is 0 Å². The summed E-state index contributed by atoms with van der Waals surface area (Å²) >= 11 is 2.99. The molecule has 1 aliphatic heterocycles. The molecule has 2 rings (SSSR count). The van der Waals surface area contributed by atoms with Gasteiger partial charge in [0.2, 0.25) is 5.88 Å². The Morgan fingerprint density at radius 1 is 1.44 bits per heavy atom. The highest BCUT2D eigenvalue weighted by Gasteiger charge is 2.49. The molecule has 0 radical (unpaired) electrons. The van der Waals surface area contributed by atoms with E-state index in [1.54, 1.807) is 0 Å². The van der Waals surface area contributed by atoms with E-state index in [4.69, 9.17) is 0 Å². The third-order valence-corrected chi connectivity index (χ3v) is 2.29. The summed E-state index contributed by atoms with van der Waals surface area (Å²) in [7, 11) is 0. The Morgan fingerprint density at radius 3 is 2.75 bits per heavy atom. The number of nitrogens with zero attached hydrogens (tertiary/aromatic N) is 1. The van der Waals surface area contributed by atoms with Gasteiger partial charge in [-0.15, -0.1) is 0 Å². The van der Waals surface area contributed by atoms with Crippen LogP contribution in [0.2, 0.25) is 0 Å². The Bertz CT molecular complexity index is 449. The Morgan fingerprint density at radius 2 is 2.12 bits per heavy atom. The minimum absolute atomic E-state index is 0.119. The van der Waals surface area contributed by atoms with Crippen LogP contribution in [0.15, 0.2) is 16.7 Å². The molecule has 1 aromatic rings. The first-order valence-corrected chi connectivity index (χ1v) is 4.88. The van der Waals surface area contributed by atoms with Gasteiger partial charge in [0.25, 0.3) is 12.0 Å². The zero-order chi connectivity index (χ0) is 11.9. The van der Waals surface area contributed by atoms with Gasteiger partial charge in [-0.25, -0.2) is 4.98 Å². The second kappa shape index (κ2) is 3.62. The molecular weight excluding hydrogens is 293 g/mol. The number of rotatable bonds is 0. The van der Waals surface area contributed by atoms with Crippen molar-refractivity contribution in [2.45, 2.75) is 12.3 Å². The predicted octanol–water partition coefficient (Wildman–Crippen LogP) is 2.11. The lowest BCUT2D eigenvalue weighted by atomic mass is 10.2. The standard InChI is InChI=1S/C8H4BrF3N2O2/c9-4-2-1-3-7(14-4)16-5(6(15)13-3)8(10,11)12/h1-2,5H,(H,13,15). The first-order valence-electron chi connectivity index (χ1n) is 4.09. The van der Waals surface area contributed by atoms with Gasteiger partial charge in [-0.05, 0) is 28.1 Å². The van der Waals surface area contributed by atoms with Gasteiger partial charge in [0.15, 0.2) is 0 Å². The fraction of sp³-hybridized carbons (Fsp3) is 0.250. The van der Waals surface area contributed by atoms with E-state index in [-0.39, 0.29) is 11.6 Å². The number of carbonyl (C=O) groups is 1. The highest BCUT2D eigenvalue weighted by Crippen LogP contribution is 2.34. The summed E-state index contributed by atoms with van der Waals surface area (Å²) in [6.07, 6.45) is -7.27. The number of halogens is 4. The second-order valence-corrected chi connectivity index (χ2v) is 3.83. The van der Waals surface area contributed by atoms with Gasteiger partial charge in [-0.2, -0.15) is 13.2 Å². The molecule has 0 aliphatic carbocycles. The van der Waals surface area contributed by atoms with Crippen LogP contribution in [0, 0.1) is 0 Å². The van der Waals surface area contributed by atoms with Crippen LogP contribution >= 0.6 is 15.9 Å². The molecule has 2 heterocycles. The number of fused-ring (bicyclic) bond motifs is 1. The first kappa shape index (κ1) is 11.2. The van der Waals surface area contributed by atoms with E-state index in [0.29, 0.717) is 4.60 Å². The van der Waals surface area contributed by atoms with E-state index in [2.05, 4.69) is 31.0 Å². The van der Waals surface area contributed by atoms with E-state index < -0.39 is 18.2 Å². The minimum atomic E-state index is -4.76. The molecule has 0 fully saturated rings. The largest absolute Gasteiger partial charge is 0.453 e. The normalized spacial score (nSPS) is 19.8. The number of amides is 1. The molecule has 8 heteroatoms. The number of hydrogen-bond donors (Lipinski definition) is 1. The fourth-order valence-electron chi connectivity index (χ4n) is 1.18. The summed E-state index contributed by atoms with van der Waals surface area (Å²) in [6.45, 7) is 0. The van der Waals surface area contributed by atoms with Crippen molar-refractivity contribution in [1.29, 1.82) is 0 Å². The number of carbonyl (C=O) groups excluding carboxylic acids is 1. The molecule has 1 N–H and O–H groups in total. The van der Waals surface area contributed by atoms with Crippen molar-refractivity contribution in [3.05, 3.63) is 16.7 Å². The van der Waals surface area contributed by atoms with Crippen molar-refractivity contribution in [3.63, 3.8) is 0 Å². The van der Waals surface area contributed by atoms with Gasteiger partial charge >= 0.3 is 6.18 Å².